The number of rotatable bonds is 6. The summed E-state index contributed by atoms with van der Waals surface area (Å²) >= 11 is 0. The van der Waals surface area contributed by atoms with E-state index in [1.165, 1.54) is 6.08 Å². The smallest absolute Gasteiger partial charge is 0.336 e. The lowest BCUT2D eigenvalue weighted by Crippen LogP contribution is -2.02. The summed E-state index contributed by atoms with van der Waals surface area (Å²) in [4.78, 5) is 12.5. The van der Waals surface area contributed by atoms with Crippen LogP contribution >= 0.6 is 0 Å². The maximum Gasteiger partial charge on any atom is 0.336 e. The Morgan fingerprint density at radius 1 is 0.852 bits per heavy atom. The van der Waals surface area contributed by atoms with E-state index in [1.54, 1.807) is 30.3 Å². The summed E-state index contributed by atoms with van der Waals surface area (Å²) in [5.41, 5.74) is 15.2. The van der Waals surface area contributed by atoms with Crippen molar-refractivity contribution >= 4 is 28.7 Å². The van der Waals surface area contributed by atoms with E-state index >= 15 is 0 Å². The van der Waals surface area contributed by atoms with Crippen molar-refractivity contribution in [1.29, 1.82) is 0 Å². The molecule has 27 heavy (non-hydrogen) atoms. The van der Waals surface area contributed by atoms with Crippen molar-refractivity contribution < 1.29 is 9.53 Å². The highest BCUT2D eigenvalue weighted by Gasteiger charge is 2.09. The van der Waals surface area contributed by atoms with Crippen LogP contribution in [0.3, 0.4) is 0 Å². The minimum atomic E-state index is -0.465. The van der Waals surface area contributed by atoms with Crippen LogP contribution in [-0.4, -0.2) is 5.97 Å². The summed E-state index contributed by atoms with van der Waals surface area (Å²) < 4.78 is 5.60. The second kappa shape index (κ2) is 9.82. The Morgan fingerprint density at radius 3 is 1.93 bits per heavy atom. The second-order valence-electron chi connectivity index (χ2n) is 5.82. The van der Waals surface area contributed by atoms with E-state index in [0.29, 0.717) is 17.1 Å². The molecule has 2 aromatic carbocycles. The van der Waals surface area contributed by atoms with Gasteiger partial charge in [-0.15, -0.1) is 0 Å². The number of ether oxygens (including phenoxy) is 1. The molecule has 2 aromatic rings. The van der Waals surface area contributed by atoms with Gasteiger partial charge in [-0.2, -0.15) is 0 Å². The highest BCUT2D eigenvalue weighted by Crippen LogP contribution is 2.21. The van der Waals surface area contributed by atoms with Crippen LogP contribution in [-0.2, 0) is 9.53 Å². The van der Waals surface area contributed by atoms with E-state index < -0.39 is 5.97 Å². The number of esters is 1. The van der Waals surface area contributed by atoms with E-state index in [1.807, 2.05) is 62.4 Å². The van der Waals surface area contributed by atoms with Crippen LogP contribution < -0.4 is 11.5 Å². The third kappa shape index (κ3) is 6.04. The van der Waals surface area contributed by atoms with Gasteiger partial charge in [0.25, 0.3) is 0 Å². The number of allylic oxidation sites excluding steroid dienone is 6. The summed E-state index contributed by atoms with van der Waals surface area (Å²) in [6.07, 6.45) is 10.6. The van der Waals surface area contributed by atoms with Gasteiger partial charge in [-0.3, -0.25) is 0 Å². The molecule has 0 atom stereocenters. The lowest BCUT2D eigenvalue weighted by molar-refractivity contribution is -0.131. The fourth-order valence-corrected chi connectivity index (χ4v) is 2.37. The summed E-state index contributed by atoms with van der Waals surface area (Å²) in [6, 6.07) is 14.5. The monoisotopic (exact) mass is 360 g/mol. The van der Waals surface area contributed by atoms with Crippen LogP contribution in [0.25, 0.3) is 11.3 Å². The van der Waals surface area contributed by atoms with Crippen molar-refractivity contribution in [2.24, 2.45) is 0 Å². The highest BCUT2D eigenvalue weighted by atomic mass is 16.5. The normalized spacial score (nSPS) is 12.7. The number of nitrogen functional groups attached to an aromatic ring is 2. The zero-order valence-corrected chi connectivity index (χ0v) is 15.6. The number of carbonyl (C=O) groups excluding carboxylic acids is 1. The van der Waals surface area contributed by atoms with E-state index in [9.17, 15) is 4.79 Å². The molecular weight excluding hydrogens is 336 g/mol. The fourth-order valence-electron chi connectivity index (χ4n) is 2.37. The van der Waals surface area contributed by atoms with Gasteiger partial charge in [-0.05, 0) is 67.5 Å². The molecule has 0 amide bonds. The molecule has 0 aromatic heterocycles. The van der Waals surface area contributed by atoms with Crippen LogP contribution in [0.5, 0.6) is 0 Å². The lowest BCUT2D eigenvalue weighted by atomic mass is 10.0. The van der Waals surface area contributed by atoms with Crippen molar-refractivity contribution in [3.63, 3.8) is 0 Å². The summed E-state index contributed by atoms with van der Waals surface area (Å²) in [7, 11) is 0. The Balaban J connectivity index is 2.30. The minimum Gasteiger partial charge on any atom is -0.423 e. The molecule has 0 saturated carbocycles. The Kier molecular flexibility index (Phi) is 7.20. The first kappa shape index (κ1) is 19.8. The summed E-state index contributed by atoms with van der Waals surface area (Å²) in [6.45, 7) is 3.78. The molecule has 0 aliphatic heterocycles. The summed E-state index contributed by atoms with van der Waals surface area (Å²) in [5.74, 6) is -0.0148. The SMILES string of the molecule is C/C=C/C=C(/OC(=O)C=C(/C=C/C)c1ccc(N)cc1)c1ccc(N)cc1. The standard InChI is InChI=1S/C23H24N2O2/c1-3-5-7-22(18-10-14-21(25)15-11-18)27-23(26)16-19(6-4-2)17-8-12-20(24)13-9-17/h3-16H,24-25H2,1-2H3/b5-3+,6-4+,19-16?,22-7+. The molecule has 0 radical (unpaired) electrons. The number of nitrogens with two attached hydrogens (primary N) is 2. The highest BCUT2D eigenvalue weighted by molar-refractivity contribution is 5.96. The fraction of sp³-hybridized carbons (Fsp3) is 0.0870. The Hall–Kier alpha value is -3.53. The average molecular weight is 360 g/mol. The van der Waals surface area contributed by atoms with Crippen LogP contribution in [0.4, 0.5) is 11.4 Å². The molecule has 0 aliphatic carbocycles. The van der Waals surface area contributed by atoms with Crippen LogP contribution in [0.2, 0.25) is 0 Å². The largest absolute Gasteiger partial charge is 0.423 e. The van der Waals surface area contributed by atoms with Gasteiger partial charge in [-0.25, -0.2) is 4.79 Å². The molecule has 0 heterocycles. The summed E-state index contributed by atoms with van der Waals surface area (Å²) in [5, 5.41) is 0. The van der Waals surface area contributed by atoms with Gasteiger partial charge in [0, 0.05) is 23.0 Å². The van der Waals surface area contributed by atoms with Crippen molar-refractivity contribution in [3.8, 4) is 0 Å². The van der Waals surface area contributed by atoms with E-state index in [4.69, 9.17) is 16.2 Å². The topological polar surface area (TPSA) is 78.3 Å². The van der Waals surface area contributed by atoms with Gasteiger partial charge in [0.05, 0.1) is 0 Å². The number of carbonyl (C=O) groups is 1. The van der Waals surface area contributed by atoms with Crippen LogP contribution in [0.15, 0.2) is 85.0 Å². The molecule has 0 spiro atoms. The molecule has 4 N–H and O–H groups in total. The van der Waals surface area contributed by atoms with Crippen LogP contribution in [0, 0.1) is 0 Å². The van der Waals surface area contributed by atoms with E-state index in [0.717, 1.165) is 16.7 Å². The number of benzene rings is 2. The Labute approximate surface area is 160 Å². The van der Waals surface area contributed by atoms with Crippen molar-refractivity contribution in [2.45, 2.75) is 13.8 Å². The molecule has 2 rings (SSSR count). The molecule has 138 valence electrons. The third-order valence-corrected chi connectivity index (χ3v) is 3.71. The van der Waals surface area contributed by atoms with Gasteiger partial charge >= 0.3 is 5.97 Å². The number of hydrogen-bond acceptors (Lipinski definition) is 4. The predicted octanol–water partition coefficient (Wildman–Crippen LogP) is 4.97. The van der Waals surface area contributed by atoms with Crippen molar-refractivity contribution in [1.82, 2.24) is 0 Å². The maximum absolute atomic E-state index is 12.5. The molecule has 4 heteroatoms. The molecule has 4 nitrogen and oxygen atoms in total. The van der Waals surface area contributed by atoms with Gasteiger partial charge in [0.2, 0.25) is 0 Å². The minimum absolute atomic E-state index is 0.450. The molecule has 0 bridgehead atoms. The molecular formula is C23H24N2O2. The number of anilines is 2. The third-order valence-electron chi connectivity index (χ3n) is 3.71. The predicted molar refractivity (Wildman–Crippen MR) is 113 cm³/mol. The molecule has 0 aliphatic rings. The first-order valence-corrected chi connectivity index (χ1v) is 8.64. The molecule has 0 saturated heterocycles. The van der Waals surface area contributed by atoms with Crippen molar-refractivity contribution in [2.75, 3.05) is 11.5 Å². The van der Waals surface area contributed by atoms with Gasteiger partial charge in [0.1, 0.15) is 5.76 Å². The van der Waals surface area contributed by atoms with Gasteiger partial charge in [0.15, 0.2) is 0 Å². The molecule has 0 unspecified atom stereocenters. The van der Waals surface area contributed by atoms with E-state index in [2.05, 4.69) is 0 Å². The first-order chi connectivity index (χ1) is 13.0. The quantitative estimate of drug-likeness (QED) is 0.251. The lowest BCUT2D eigenvalue weighted by Gasteiger charge is -2.09. The van der Waals surface area contributed by atoms with Gasteiger partial charge in [-0.1, -0.05) is 36.4 Å². The zero-order valence-electron chi connectivity index (χ0n) is 15.6. The average Bonchev–Trinajstić information content (AvgIpc) is 2.66. The maximum atomic E-state index is 12.5. The van der Waals surface area contributed by atoms with Crippen molar-refractivity contribution in [3.05, 3.63) is 96.1 Å². The first-order valence-electron chi connectivity index (χ1n) is 8.64. The zero-order chi connectivity index (χ0) is 19.6. The molecule has 0 fully saturated rings. The Bertz CT molecular complexity index is 887. The number of hydrogen-bond donors (Lipinski definition) is 2. The second-order valence-corrected chi connectivity index (χ2v) is 5.82. The Morgan fingerprint density at radius 2 is 1.41 bits per heavy atom. The van der Waals surface area contributed by atoms with Gasteiger partial charge < -0.3 is 16.2 Å². The van der Waals surface area contributed by atoms with Crippen LogP contribution in [0.1, 0.15) is 25.0 Å². The van der Waals surface area contributed by atoms with E-state index in [-0.39, 0.29) is 0 Å².